The normalized spacial score (nSPS) is 12.4. The van der Waals surface area contributed by atoms with Gasteiger partial charge in [0.1, 0.15) is 5.82 Å². The topological polar surface area (TPSA) is 37.8 Å². The number of hydrogen-bond donors (Lipinski definition) is 1. The monoisotopic (exact) mass is 253 g/mol. The standard InChI is InChI=1S/C11H12ClN3S/c1-7(9-5-3-4-6-10(9)12)13-11-14-8(2)15-16-11/h3-7H,1-2H3,(H,13,14,15). The Balaban J connectivity index is 2.14. The number of nitrogens with zero attached hydrogens (tertiary/aromatic N) is 2. The summed E-state index contributed by atoms with van der Waals surface area (Å²) in [7, 11) is 0. The first-order valence-corrected chi connectivity index (χ1v) is 6.13. The number of halogens is 1. The van der Waals surface area contributed by atoms with Crippen LogP contribution in [0, 0.1) is 6.92 Å². The number of benzene rings is 1. The van der Waals surface area contributed by atoms with Crippen molar-refractivity contribution in [3.8, 4) is 0 Å². The van der Waals surface area contributed by atoms with Gasteiger partial charge < -0.3 is 5.32 Å². The number of aromatic nitrogens is 2. The Kier molecular flexibility index (Phi) is 3.41. The van der Waals surface area contributed by atoms with Crippen LogP contribution in [0.2, 0.25) is 5.02 Å². The first kappa shape index (κ1) is 11.4. The summed E-state index contributed by atoms with van der Waals surface area (Å²) in [6.45, 7) is 3.93. The second-order valence-electron chi connectivity index (χ2n) is 3.53. The second-order valence-corrected chi connectivity index (χ2v) is 4.69. The Bertz CT molecular complexity index is 484. The Morgan fingerprint density at radius 2 is 2.12 bits per heavy atom. The van der Waals surface area contributed by atoms with E-state index < -0.39 is 0 Å². The van der Waals surface area contributed by atoms with Gasteiger partial charge in [-0.2, -0.15) is 4.37 Å². The van der Waals surface area contributed by atoms with Crippen molar-refractivity contribution in [2.75, 3.05) is 5.32 Å². The molecule has 3 nitrogen and oxygen atoms in total. The van der Waals surface area contributed by atoms with E-state index in [0.717, 1.165) is 21.5 Å². The fourth-order valence-corrected chi connectivity index (χ4v) is 2.41. The highest BCUT2D eigenvalue weighted by Crippen LogP contribution is 2.26. The van der Waals surface area contributed by atoms with Gasteiger partial charge in [0.15, 0.2) is 0 Å². The molecule has 1 aromatic carbocycles. The molecule has 2 rings (SSSR count). The van der Waals surface area contributed by atoms with Crippen molar-refractivity contribution in [3.63, 3.8) is 0 Å². The quantitative estimate of drug-likeness (QED) is 0.907. The van der Waals surface area contributed by atoms with Crippen molar-refractivity contribution in [3.05, 3.63) is 40.7 Å². The Labute approximate surface area is 104 Å². The molecule has 1 N–H and O–H groups in total. The van der Waals surface area contributed by atoms with Gasteiger partial charge in [-0.15, -0.1) is 0 Å². The van der Waals surface area contributed by atoms with Gasteiger partial charge in [-0.05, 0) is 25.5 Å². The van der Waals surface area contributed by atoms with Gasteiger partial charge in [0.25, 0.3) is 0 Å². The molecule has 0 saturated heterocycles. The molecule has 0 bridgehead atoms. The smallest absolute Gasteiger partial charge is 0.203 e. The van der Waals surface area contributed by atoms with E-state index in [9.17, 15) is 0 Å². The fraction of sp³-hybridized carbons (Fsp3) is 0.273. The van der Waals surface area contributed by atoms with Gasteiger partial charge in [0.2, 0.25) is 5.13 Å². The molecule has 0 aliphatic carbocycles. The third-order valence-corrected chi connectivity index (χ3v) is 3.32. The summed E-state index contributed by atoms with van der Waals surface area (Å²) >= 11 is 7.48. The maximum absolute atomic E-state index is 6.12. The molecule has 0 spiro atoms. The van der Waals surface area contributed by atoms with Crippen LogP contribution in [-0.4, -0.2) is 9.36 Å². The van der Waals surface area contributed by atoms with Gasteiger partial charge in [-0.1, -0.05) is 29.8 Å². The third-order valence-electron chi connectivity index (χ3n) is 2.24. The van der Waals surface area contributed by atoms with Crippen LogP contribution in [-0.2, 0) is 0 Å². The second kappa shape index (κ2) is 4.80. The number of rotatable bonds is 3. The van der Waals surface area contributed by atoms with Crippen LogP contribution in [0.1, 0.15) is 24.4 Å². The van der Waals surface area contributed by atoms with Crippen molar-refractivity contribution < 1.29 is 0 Å². The van der Waals surface area contributed by atoms with E-state index in [-0.39, 0.29) is 6.04 Å². The van der Waals surface area contributed by atoms with Crippen molar-refractivity contribution in [1.29, 1.82) is 0 Å². The van der Waals surface area contributed by atoms with E-state index in [0.29, 0.717) is 0 Å². The maximum atomic E-state index is 6.12. The molecule has 0 saturated carbocycles. The Morgan fingerprint density at radius 1 is 1.38 bits per heavy atom. The number of nitrogens with one attached hydrogen (secondary N) is 1. The summed E-state index contributed by atoms with van der Waals surface area (Å²) in [6, 6.07) is 7.92. The molecule has 16 heavy (non-hydrogen) atoms. The first-order valence-electron chi connectivity index (χ1n) is 4.98. The van der Waals surface area contributed by atoms with E-state index in [1.54, 1.807) is 0 Å². The zero-order valence-electron chi connectivity index (χ0n) is 9.07. The van der Waals surface area contributed by atoms with Gasteiger partial charge >= 0.3 is 0 Å². The van der Waals surface area contributed by atoms with Crippen LogP contribution in [0.5, 0.6) is 0 Å². The third kappa shape index (κ3) is 2.51. The Hall–Kier alpha value is -1.13. The predicted molar refractivity (Wildman–Crippen MR) is 68.1 cm³/mol. The summed E-state index contributed by atoms with van der Waals surface area (Å²) in [4.78, 5) is 4.26. The Morgan fingerprint density at radius 3 is 2.75 bits per heavy atom. The summed E-state index contributed by atoms with van der Waals surface area (Å²) in [5, 5.41) is 4.87. The van der Waals surface area contributed by atoms with Crippen molar-refractivity contribution in [2.45, 2.75) is 19.9 Å². The molecular formula is C11H12ClN3S. The molecule has 1 heterocycles. The maximum Gasteiger partial charge on any atom is 0.203 e. The van der Waals surface area contributed by atoms with E-state index >= 15 is 0 Å². The van der Waals surface area contributed by atoms with Crippen molar-refractivity contribution in [2.24, 2.45) is 0 Å². The van der Waals surface area contributed by atoms with E-state index in [1.165, 1.54) is 11.5 Å². The highest BCUT2D eigenvalue weighted by atomic mass is 35.5. The van der Waals surface area contributed by atoms with Crippen LogP contribution in [0.4, 0.5) is 5.13 Å². The summed E-state index contributed by atoms with van der Waals surface area (Å²) in [6.07, 6.45) is 0. The fourth-order valence-electron chi connectivity index (χ4n) is 1.44. The van der Waals surface area contributed by atoms with Crippen LogP contribution in [0.15, 0.2) is 24.3 Å². The number of anilines is 1. The summed E-state index contributed by atoms with van der Waals surface area (Å²) < 4.78 is 4.12. The zero-order valence-corrected chi connectivity index (χ0v) is 10.6. The molecule has 0 aliphatic heterocycles. The minimum Gasteiger partial charge on any atom is -0.354 e. The van der Waals surface area contributed by atoms with Gasteiger partial charge in [0.05, 0.1) is 6.04 Å². The summed E-state index contributed by atoms with van der Waals surface area (Å²) in [5.74, 6) is 0.791. The lowest BCUT2D eigenvalue weighted by molar-refractivity contribution is 0.880. The molecule has 0 fully saturated rings. The highest BCUT2D eigenvalue weighted by molar-refractivity contribution is 7.09. The minimum absolute atomic E-state index is 0.126. The lowest BCUT2D eigenvalue weighted by Crippen LogP contribution is -2.06. The van der Waals surface area contributed by atoms with Gasteiger partial charge in [-0.3, -0.25) is 0 Å². The summed E-state index contributed by atoms with van der Waals surface area (Å²) in [5.41, 5.74) is 1.07. The zero-order chi connectivity index (χ0) is 11.5. The van der Waals surface area contributed by atoms with Crippen molar-refractivity contribution >= 4 is 28.3 Å². The van der Waals surface area contributed by atoms with Crippen LogP contribution in [0.3, 0.4) is 0 Å². The average molecular weight is 254 g/mol. The predicted octanol–water partition coefficient (Wildman–Crippen LogP) is 3.67. The number of aryl methyl sites for hydroxylation is 1. The molecule has 1 aromatic heterocycles. The van der Waals surface area contributed by atoms with Crippen LogP contribution in [0.25, 0.3) is 0 Å². The van der Waals surface area contributed by atoms with Crippen molar-refractivity contribution in [1.82, 2.24) is 9.36 Å². The average Bonchev–Trinajstić information content (AvgIpc) is 2.64. The van der Waals surface area contributed by atoms with Crippen LogP contribution >= 0.6 is 23.1 Å². The molecule has 1 unspecified atom stereocenters. The molecule has 84 valence electrons. The lowest BCUT2D eigenvalue weighted by atomic mass is 10.1. The van der Waals surface area contributed by atoms with Crippen LogP contribution < -0.4 is 5.32 Å². The number of hydrogen-bond acceptors (Lipinski definition) is 4. The van der Waals surface area contributed by atoms with E-state index in [1.807, 2.05) is 31.2 Å². The molecule has 5 heteroatoms. The molecule has 0 amide bonds. The first-order chi connectivity index (χ1) is 7.66. The largest absolute Gasteiger partial charge is 0.354 e. The van der Waals surface area contributed by atoms with Gasteiger partial charge in [-0.25, -0.2) is 4.98 Å². The molecule has 1 atom stereocenters. The molecular weight excluding hydrogens is 242 g/mol. The lowest BCUT2D eigenvalue weighted by Gasteiger charge is -2.14. The highest BCUT2D eigenvalue weighted by Gasteiger charge is 2.10. The minimum atomic E-state index is 0.126. The molecule has 2 aromatic rings. The molecule has 0 radical (unpaired) electrons. The van der Waals surface area contributed by atoms with Gasteiger partial charge in [0, 0.05) is 16.6 Å². The van der Waals surface area contributed by atoms with E-state index in [4.69, 9.17) is 11.6 Å². The van der Waals surface area contributed by atoms with E-state index in [2.05, 4.69) is 21.6 Å². The molecule has 0 aliphatic rings. The SMILES string of the molecule is Cc1nsc(NC(C)c2ccccc2Cl)n1.